The van der Waals surface area contributed by atoms with E-state index in [1.807, 2.05) is 6.92 Å². The van der Waals surface area contributed by atoms with E-state index in [1.165, 1.54) is 10.4 Å². The normalized spacial score (nSPS) is 22.3. The van der Waals surface area contributed by atoms with Gasteiger partial charge < -0.3 is 19.7 Å². The van der Waals surface area contributed by atoms with Crippen molar-refractivity contribution in [3.63, 3.8) is 0 Å². The first kappa shape index (κ1) is 18.5. The van der Waals surface area contributed by atoms with E-state index >= 15 is 0 Å². The predicted octanol–water partition coefficient (Wildman–Crippen LogP) is -0.986. The maximum absolute atomic E-state index is 13.0. The Morgan fingerprint density at radius 2 is 1.85 bits per heavy atom. The Morgan fingerprint density at radius 1 is 1.19 bits per heavy atom. The number of fused-ring (bicyclic) bond motifs is 1. The van der Waals surface area contributed by atoms with E-state index in [-0.39, 0.29) is 16.8 Å². The largest absolute Gasteiger partial charge is 0.486 e. The summed E-state index contributed by atoms with van der Waals surface area (Å²) in [6.07, 6.45) is 2.13. The highest BCUT2D eigenvalue weighted by Gasteiger charge is 2.36. The average Bonchev–Trinajstić information content (AvgIpc) is 3.51. The summed E-state index contributed by atoms with van der Waals surface area (Å²) in [5, 5.41) is 3.03. The number of hydrogen-bond acceptors (Lipinski definition) is 5. The number of sulfonamides is 1. The second-order valence-corrected chi connectivity index (χ2v) is 9.31. The maximum Gasteiger partial charge on any atom is 0.278 e. The zero-order valence-corrected chi connectivity index (χ0v) is 16.3. The highest BCUT2D eigenvalue weighted by atomic mass is 32.2. The van der Waals surface area contributed by atoms with Crippen LogP contribution in [0.5, 0.6) is 11.5 Å². The quantitative estimate of drug-likeness (QED) is 0.668. The predicted molar refractivity (Wildman–Crippen MR) is 97.5 cm³/mol. The van der Waals surface area contributed by atoms with E-state index in [2.05, 4.69) is 5.32 Å². The first-order valence-electron chi connectivity index (χ1n) is 9.50. The lowest BCUT2D eigenvalue weighted by atomic mass is 10.2. The first-order chi connectivity index (χ1) is 12.9. The molecule has 2 fully saturated rings. The van der Waals surface area contributed by atoms with Crippen LogP contribution in [0, 0.1) is 0 Å². The van der Waals surface area contributed by atoms with Crippen molar-refractivity contribution in [1.29, 1.82) is 0 Å². The van der Waals surface area contributed by atoms with Gasteiger partial charge in [0.05, 0.1) is 31.1 Å². The molecule has 27 heavy (non-hydrogen) atoms. The molecule has 1 atom stereocenters. The molecule has 1 amide bonds. The number of nitrogens with zero attached hydrogens (tertiary/aromatic N) is 1. The molecule has 0 radical (unpaired) electrons. The fourth-order valence-corrected chi connectivity index (χ4v) is 4.98. The van der Waals surface area contributed by atoms with Gasteiger partial charge in [-0.3, -0.25) is 4.79 Å². The molecule has 1 aromatic carbocycles. The van der Waals surface area contributed by atoms with Gasteiger partial charge in [-0.2, -0.15) is 4.31 Å². The van der Waals surface area contributed by atoms with Crippen LogP contribution in [0.2, 0.25) is 0 Å². The molecule has 0 unspecified atom stereocenters. The minimum absolute atomic E-state index is 0.0654. The van der Waals surface area contributed by atoms with Crippen LogP contribution in [-0.2, 0) is 14.8 Å². The zero-order valence-electron chi connectivity index (χ0n) is 15.4. The summed E-state index contributed by atoms with van der Waals surface area (Å²) in [5.41, 5.74) is 0. The number of hydrogen-bond donors (Lipinski definition) is 2. The van der Waals surface area contributed by atoms with E-state index in [9.17, 15) is 13.2 Å². The highest BCUT2D eigenvalue weighted by molar-refractivity contribution is 7.89. The monoisotopic (exact) mass is 396 g/mol. The Balaban J connectivity index is 1.40. The maximum atomic E-state index is 13.0. The molecule has 1 aromatic rings. The van der Waals surface area contributed by atoms with Crippen LogP contribution < -0.4 is 19.7 Å². The van der Waals surface area contributed by atoms with Gasteiger partial charge in [0.1, 0.15) is 13.2 Å². The molecule has 9 heteroatoms. The van der Waals surface area contributed by atoms with Gasteiger partial charge in [-0.15, -0.1) is 0 Å². The van der Waals surface area contributed by atoms with Crippen molar-refractivity contribution in [3.05, 3.63) is 18.2 Å². The second kappa shape index (κ2) is 7.29. The van der Waals surface area contributed by atoms with Gasteiger partial charge in [0.2, 0.25) is 10.0 Å². The molecule has 0 spiro atoms. The number of benzene rings is 1. The molecule has 2 heterocycles. The smallest absolute Gasteiger partial charge is 0.278 e. The first-order valence-corrected chi connectivity index (χ1v) is 10.9. The standard InChI is InChI=1S/C18H25N3O5S/c1-13(18(22)19-14-2-3-14)20-6-8-21(9-7-20)27(23,24)15-4-5-16-17(12-15)26-11-10-25-16/h4-5,12-14H,2-3,6-11H2,1H3,(H,19,22)/p+1/t13-/m0/s1. The lowest BCUT2D eigenvalue weighted by Gasteiger charge is -2.34. The number of ether oxygens (including phenoxy) is 2. The fraction of sp³-hybridized carbons (Fsp3) is 0.611. The zero-order chi connectivity index (χ0) is 19.0. The Kier molecular flexibility index (Phi) is 5.00. The van der Waals surface area contributed by atoms with Crippen LogP contribution in [0.4, 0.5) is 0 Å². The van der Waals surface area contributed by atoms with Crippen molar-refractivity contribution in [3.8, 4) is 11.5 Å². The van der Waals surface area contributed by atoms with Gasteiger partial charge in [-0.1, -0.05) is 0 Å². The van der Waals surface area contributed by atoms with Crippen molar-refractivity contribution < 1.29 is 27.6 Å². The lowest BCUT2D eigenvalue weighted by molar-refractivity contribution is -0.917. The topological polar surface area (TPSA) is 89.4 Å². The number of quaternary nitrogens is 1. The molecule has 1 saturated carbocycles. The minimum atomic E-state index is -3.59. The summed E-state index contributed by atoms with van der Waals surface area (Å²) >= 11 is 0. The Bertz CT molecular complexity index is 816. The lowest BCUT2D eigenvalue weighted by Crippen LogP contribution is -3.19. The molecule has 2 N–H and O–H groups in total. The SMILES string of the molecule is C[C@@H](C(=O)NC1CC1)[NH+]1CCN(S(=O)(=O)c2ccc3c(c2)OCCO3)CC1. The van der Waals surface area contributed by atoms with Crippen molar-refractivity contribution in [1.82, 2.24) is 9.62 Å². The van der Waals surface area contributed by atoms with Crippen molar-refractivity contribution in [2.24, 2.45) is 0 Å². The third kappa shape index (κ3) is 3.90. The third-order valence-electron chi connectivity index (χ3n) is 5.45. The van der Waals surface area contributed by atoms with E-state index in [0.717, 1.165) is 17.7 Å². The molecule has 2 aliphatic heterocycles. The third-order valence-corrected chi connectivity index (χ3v) is 7.34. The Labute approximate surface area is 159 Å². The number of amides is 1. The van der Waals surface area contributed by atoms with Gasteiger partial charge in [0.25, 0.3) is 5.91 Å². The number of nitrogens with one attached hydrogen (secondary N) is 2. The molecule has 148 valence electrons. The van der Waals surface area contributed by atoms with Crippen molar-refractivity contribution >= 4 is 15.9 Å². The summed E-state index contributed by atoms with van der Waals surface area (Å²) in [5.74, 6) is 1.11. The second-order valence-electron chi connectivity index (χ2n) is 7.37. The summed E-state index contributed by atoms with van der Waals surface area (Å²) in [6.45, 7) is 4.82. The summed E-state index contributed by atoms with van der Waals surface area (Å²) in [6, 6.07) is 4.93. The highest BCUT2D eigenvalue weighted by Crippen LogP contribution is 2.33. The molecule has 3 aliphatic rings. The van der Waals surface area contributed by atoms with E-state index in [1.54, 1.807) is 12.1 Å². The van der Waals surface area contributed by atoms with Crippen molar-refractivity contribution in [2.75, 3.05) is 39.4 Å². The summed E-state index contributed by atoms with van der Waals surface area (Å²) < 4.78 is 38.4. The Morgan fingerprint density at radius 3 is 2.52 bits per heavy atom. The van der Waals surface area contributed by atoms with Crippen LogP contribution in [0.1, 0.15) is 19.8 Å². The molecule has 0 aromatic heterocycles. The van der Waals surface area contributed by atoms with Crippen LogP contribution in [0.25, 0.3) is 0 Å². The van der Waals surface area contributed by atoms with E-state index < -0.39 is 10.0 Å². The number of carbonyl (C=O) groups excluding carboxylic acids is 1. The molecule has 8 nitrogen and oxygen atoms in total. The van der Waals surface area contributed by atoms with Crippen LogP contribution >= 0.6 is 0 Å². The fourth-order valence-electron chi connectivity index (χ4n) is 3.52. The number of rotatable bonds is 5. The average molecular weight is 396 g/mol. The molecule has 4 rings (SSSR count). The van der Waals surface area contributed by atoms with Gasteiger partial charge >= 0.3 is 0 Å². The summed E-state index contributed by atoms with van der Waals surface area (Å²) in [7, 11) is -3.59. The number of piperazine rings is 1. The number of carbonyl (C=O) groups is 1. The molecule has 0 bridgehead atoms. The van der Waals surface area contributed by atoms with Gasteiger partial charge in [0, 0.05) is 12.1 Å². The van der Waals surface area contributed by atoms with Crippen LogP contribution in [0.15, 0.2) is 23.1 Å². The van der Waals surface area contributed by atoms with Crippen LogP contribution in [-0.4, -0.2) is 70.1 Å². The van der Waals surface area contributed by atoms with E-state index in [4.69, 9.17) is 9.47 Å². The Hall–Kier alpha value is -1.84. The molecular formula is C18H26N3O5S+. The van der Waals surface area contributed by atoms with Crippen molar-refractivity contribution in [2.45, 2.75) is 36.7 Å². The molecule has 1 saturated heterocycles. The van der Waals surface area contributed by atoms with Gasteiger partial charge in [0.15, 0.2) is 17.5 Å². The van der Waals surface area contributed by atoms with Gasteiger partial charge in [-0.25, -0.2) is 8.42 Å². The summed E-state index contributed by atoms with van der Waals surface area (Å²) in [4.78, 5) is 13.6. The van der Waals surface area contributed by atoms with Crippen LogP contribution in [0.3, 0.4) is 0 Å². The van der Waals surface area contributed by atoms with E-state index in [0.29, 0.717) is 56.9 Å². The minimum Gasteiger partial charge on any atom is -0.486 e. The molecule has 1 aliphatic carbocycles. The molecular weight excluding hydrogens is 370 g/mol. The van der Waals surface area contributed by atoms with Gasteiger partial charge in [-0.05, 0) is 31.9 Å².